The van der Waals surface area contributed by atoms with Crippen LogP contribution < -0.4 is 0 Å². The van der Waals surface area contributed by atoms with E-state index in [1.54, 1.807) is 6.07 Å². The van der Waals surface area contributed by atoms with Gasteiger partial charge >= 0.3 is 0 Å². The van der Waals surface area contributed by atoms with Gasteiger partial charge in [0.25, 0.3) is 0 Å². The van der Waals surface area contributed by atoms with Gasteiger partial charge in [0.2, 0.25) is 0 Å². The van der Waals surface area contributed by atoms with E-state index in [1.165, 1.54) is 12.1 Å². The quantitative estimate of drug-likeness (QED) is 0.187. The molecular formula is C19H28O12. The molecule has 0 spiro atoms. The third-order valence-electron chi connectivity index (χ3n) is 5.39. The number of hydrogen-bond donors (Lipinski definition) is 8. The van der Waals surface area contributed by atoms with Crippen LogP contribution in [0.15, 0.2) is 18.2 Å². The van der Waals surface area contributed by atoms with Gasteiger partial charge < -0.3 is 59.8 Å². The topological polar surface area (TPSA) is 199 Å². The van der Waals surface area contributed by atoms with E-state index in [0.717, 1.165) is 0 Å². The molecule has 31 heavy (non-hydrogen) atoms. The SMILES string of the molecule is OC[C@@]1(O)CO[C@@H](OC[C@H]2O[C@@H](OCCc3ccc(O)c(O)c3)[C@H](O)[C@@H](O)[C@@H]2O)[C@@H]1O. The van der Waals surface area contributed by atoms with Crippen molar-refractivity contribution in [3.05, 3.63) is 23.8 Å². The molecule has 1 aromatic rings. The fraction of sp³-hybridized carbons (Fsp3) is 0.684. The van der Waals surface area contributed by atoms with E-state index >= 15 is 0 Å². The number of rotatable bonds is 8. The molecule has 0 unspecified atom stereocenters. The lowest BCUT2D eigenvalue weighted by Crippen LogP contribution is -2.59. The fourth-order valence-electron chi connectivity index (χ4n) is 3.33. The minimum Gasteiger partial charge on any atom is -0.504 e. The third kappa shape index (κ3) is 5.26. The summed E-state index contributed by atoms with van der Waals surface area (Å²) in [6.45, 7) is -1.45. The molecular weight excluding hydrogens is 420 g/mol. The van der Waals surface area contributed by atoms with Gasteiger partial charge in [-0.15, -0.1) is 0 Å². The molecule has 3 rings (SSSR count). The zero-order valence-electron chi connectivity index (χ0n) is 16.5. The van der Waals surface area contributed by atoms with E-state index in [2.05, 4.69) is 0 Å². The molecule has 0 aliphatic carbocycles. The van der Waals surface area contributed by atoms with Gasteiger partial charge in [0.05, 0.1) is 26.4 Å². The van der Waals surface area contributed by atoms with Crippen LogP contribution in [-0.2, 0) is 25.4 Å². The summed E-state index contributed by atoms with van der Waals surface area (Å²) in [7, 11) is 0. The Labute approximate surface area is 177 Å². The summed E-state index contributed by atoms with van der Waals surface area (Å²) >= 11 is 0. The summed E-state index contributed by atoms with van der Waals surface area (Å²) in [5.74, 6) is -0.545. The molecule has 0 bridgehead atoms. The Balaban J connectivity index is 1.53. The molecule has 2 saturated heterocycles. The van der Waals surface area contributed by atoms with E-state index in [4.69, 9.17) is 24.1 Å². The smallest absolute Gasteiger partial charge is 0.186 e. The number of ether oxygens (including phenoxy) is 4. The second-order valence-electron chi connectivity index (χ2n) is 7.68. The number of hydrogen-bond acceptors (Lipinski definition) is 12. The average Bonchev–Trinajstić information content (AvgIpc) is 3.04. The lowest BCUT2D eigenvalue weighted by molar-refractivity contribution is -0.309. The van der Waals surface area contributed by atoms with Gasteiger partial charge in [-0.05, 0) is 24.1 Å². The van der Waals surface area contributed by atoms with Crippen LogP contribution in [-0.4, -0.2) is 116 Å². The maximum absolute atomic E-state index is 10.2. The molecule has 2 fully saturated rings. The number of aliphatic hydroxyl groups is 6. The molecule has 0 aromatic heterocycles. The second-order valence-corrected chi connectivity index (χ2v) is 7.68. The third-order valence-corrected chi connectivity index (χ3v) is 5.39. The highest BCUT2D eigenvalue weighted by atomic mass is 16.7. The Morgan fingerprint density at radius 1 is 0.968 bits per heavy atom. The standard InChI is InChI=1S/C19H28O12/c20-7-19(27)8-30-18(16(19)26)29-6-12-13(23)14(24)15(25)17(31-12)28-4-3-9-1-2-10(21)11(22)5-9/h1-2,5,12-18,20-27H,3-4,6-8H2/t12-,13-,14+,15-,16+,17-,18-,19-/m1/s1. The maximum atomic E-state index is 10.2. The van der Waals surface area contributed by atoms with E-state index in [0.29, 0.717) is 12.0 Å². The zero-order valence-corrected chi connectivity index (χ0v) is 16.5. The Morgan fingerprint density at radius 3 is 2.35 bits per heavy atom. The first-order valence-electron chi connectivity index (χ1n) is 9.73. The van der Waals surface area contributed by atoms with Crippen molar-refractivity contribution < 1.29 is 59.8 Å². The highest BCUT2D eigenvalue weighted by molar-refractivity contribution is 5.40. The van der Waals surface area contributed by atoms with E-state index < -0.39 is 55.3 Å². The highest BCUT2D eigenvalue weighted by Gasteiger charge is 2.50. The van der Waals surface area contributed by atoms with Crippen LogP contribution in [0.3, 0.4) is 0 Å². The maximum Gasteiger partial charge on any atom is 0.186 e. The van der Waals surface area contributed by atoms with Crippen molar-refractivity contribution in [3.63, 3.8) is 0 Å². The summed E-state index contributed by atoms with van der Waals surface area (Å²) in [5, 5.41) is 78.4. The molecule has 2 aliphatic rings. The van der Waals surface area contributed by atoms with Crippen molar-refractivity contribution in [1.29, 1.82) is 0 Å². The van der Waals surface area contributed by atoms with Crippen LogP contribution in [0, 0.1) is 0 Å². The molecule has 0 amide bonds. The number of benzene rings is 1. The minimum atomic E-state index is -1.87. The minimum absolute atomic E-state index is 0.0241. The van der Waals surface area contributed by atoms with Crippen LogP contribution in [0.5, 0.6) is 11.5 Å². The summed E-state index contributed by atoms with van der Waals surface area (Å²) in [5.41, 5.74) is -1.23. The predicted octanol–water partition coefficient (Wildman–Crippen LogP) is -3.08. The predicted molar refractivity (Wildman–Crippen MR) is 99.8 cm³/mol. The van der Waals surface area contributed by atoms with Crippen LogP contribution in [0.25, 0.3) is 0 Å². The number of phenols is 2. The normalized spacial score (nSPS) is 38.5. The molecule has 0 saturated carbocycles. The van der Waals surface area contributed by atoms with Gasteiger partial charge in [-0.25, -0.2) is 0 Å². The van der Waals surface area contributed by atoms with E-state index in [1.807, 2.05) is 0 Å². The van der Waals surface area contributed by atoms with Crippen LogP contribution >= 0.6 is 0 Å². The Bertz CT molecular complexity index is 732. The van der Waals surface area contributed by atoms with Crippen molar-refractivity contribution in [1.82, 2.24) is 0 Å². The van der Waals surface area contributed by atoms with Gasteiger partial charge in [-0.3, -0.25) is 0 Å². The summed E-state index contributed by atoms with van der Waals surface area (Å²) in [4.78, 5) is 0. The van der Waals surface area contributed by atoms with Gasteiger partial charge in [0.1, 0.15) is 36.1 Å². The first-order valence-corrected chi connectivity index (χ1v) is 9.73. The molecule has 8 N–H and O–H groups in total. The van der Waals surface area contributed by atoms with Gasteiger partial charge in [-0.2, -0.15) is 0 Å². The van der Waals surface area contributed by atoms with Crippen molar-refractivity contribution in [2.45, 2.75) is 55.1 Å². The molecule has 12 heteroatoms. The number of aliphatic hydroxyl groups excluding tert-OH is 5. The van der Waals surface area contributed by atoms with Crippen molar-refractivity contribution in [2.75, 3.05) is 26.4 Å². The molecule has 8 atom stereocenters. The van der Waals surface area contributed by atoms with E-state index in [-0.39, 0.29) is 31.3 Å². The first kappa shape index (κ1) is 24.1. The molecule has 2 heterocycles. The molecule has 12 nitrogen and oxygen atoms in total. The van der Waals surface area contributed by atoms with Gasteiger partial charge in [-0.1, -0.05) is 6.07 Å². The van der Waals surface area contributed by atoms with Crippen LogP contribution in [0.4, 0.5) is 0 Å². The number of phenolic OH excluding ortho intramolecular Hbond substituents is 2. The Kier molecular flexibility index (Phi) is 7.70. The fourth-order valence-corrected chi connectivity index (χ4v) is 3.33. The van der Waals surface area contributed by atoms with Crippen LogP contribution in [0.2, 0.25) is 0 Å². The lowest BCUT2D eigenvalue weighted by Gasteiger charge is -2.40. The largest absolute Gasteiger partial charge is 0.504 e. The van der Waals surface area contributed by atoms with Crippen molar-refractivity contribution in [3.8, 4) is 11.5 Å². The first-order chi connectivity index (χ1) is 14.7. The van der Waals surface area contributed by atoms with Crippen molar-refractivity contribution >= 4 is 0 Å². The van der Waals surface area contributed by atoms with Crippen molar-refractivity contribution in [2.24, 2.45) is 0 Å². The Hall–Kier alpha value is -1.58. The van der Waals surface area contributed by atoms with Crippen LogP contribution in [0.1, 0.15) is 5.56 Å². The average molecular weight is 448 g/mol. The Morgan fingerprint density at radius 2 is 1.71 bits per heavy atom. The molecule has 176 valence electrons. The second kappa shape index (κ2) is 9.92. The van der Waals surface area contributed by atoms with Gasteiger partial charge in [0.15, 0.2) is 24.1 Å². The summed E-state index contributed by atoms with van der Waals surface area (Å²) in [6, 6.07) is 4.25. The molecule has 2 aliphatic heterocycles. The molecule has 1 aromatic carbocycles. The highest BCUT2D eigenvalue weighted by Crippen LogP contribution is 2.28. The number of aromatic hydroxyl groups is 2. The zero-order chi connectivity index (χ0) is 22.8. The summed E-state index contributed by atoms with van der Waals surface area (Å²) in [6.07, 6.45) is -9.68. The molecule has 0 radical (unpaired) electrons. The van der Waals surface area contributed by atoms with Gasteiger partial charge in [0, 0.05) is 0 Å². The monoisotopic (exact) mass is 448 g/mol. The summed E-state index contributed by atoms with van der Waals surface area (Å²) < 4.78 is 21.4. The lowest BCUT2D eigenvalue weighted by atomic mass is 9.99. The van der Waals surface area contributed by atoms with E-state index in [9.17, 15) is 35.7 Å².